The number of carbonyl (C=O) groups is 1. The molecule has 1 heterocycles. The topological polar surface area (TPSA) is 113 Å². The molecule has 1 atom stereocenters. The van der Waals surface area contributed by atoms with Gasteiger partial charge in [-0.15, -0.1) is 0 Å². The van der Waals surface area contributed by atoms with Crippen LogP contribution in [0.3, 0.4) is 0 Å². The van der Waals surface area contributed by atoms with E-state index in [9.17, 15) is 23.3 Å². The van der Waals surface area contributed by atoms with E-state index in [2.05, 4.69) is 5.32 Å². The molecule has 32 heavy (non-hydrogen) atoms. The van der Waals surface area contributed by atoms with Gasteiger partial charge in [-0.05, 0) is 38.5 Å². The second-order valence-electron chi connectivity index (χ2n) is 7.69. The quantitative estimate of drug-likeness (QED) is 0.501. The van der Waals surface area contributed by atoms with Crippen LogP contribution in [0.2, 0.25) is 5.02 Å². The molecular weight excluding hydrogens is 456 g/mol. The van der Waals surface area contributed by atoms with Crippen molar-refractivity contribution in [3.8, 4) is 0 Å². The molecule has 0 spiro atoms. The molecule has 0 radical (unpaired) electrons. The Bertz CT molecular complexity index is 1110. The van der Waals surface area contributed by atoms with E-state index < -0.39 is 21.0 Å². The number of carbonyl (C=O) groups excluding carboxylic acids is 1. The molecule has 0 aliphatic carbocycles. The first kappa shape index (κ1) is 24.1. The highest BCUT2D eigenvalue weighted by Crippen LogP contribution is 2.27. The molecular formula is C21H25ClN4O5S. The van der Waals surface area contributed by atoms with E-state index in [1.165, 1.54) is 22.5 Å². The molecule has 1 aliphatic rings. The van der Waals surface area contributed by atoms with Crippen molar-refractivity contribution in [2.75, 3.05) is 31.5 Å². The summed E-state index contributed by atoms with van der Waals surface area (Å²) in [6.45, 7) is 5.14. The number of hydrogen-bond acceptors (Lipinski definition) is 6. The summed E-state index contributed by atoms with van der Waals surface area (Å²) in [5.41, 5.74) is 0.967. The van der Waals surface area contributed by atoms with E-state index in [4.69, 9.17) is 11.6 Å². The lowest BCUT2D eigenvalue weighted by Crippen LogP contribution is -2.44. The maximum Gasteiger partial charge on any atom is 0.271 e. The molecule has 9 nitrogen and oxygen atoms in total. The highest BCUT2D eigenvalue weighted by Gasteiger charge is 2.30. The van der Waals surface area contributed by atoms with Crippen LogP contribution in [-0.2, 0) is 14.8 Å². The van der Waals surface area contributed by atoms with Gasteiger partial charge in [-0.2, -0.15) is 4.31 Å². The summed E-state index contributed by atoms with van der Waals surface area (Å²) in [6, 6.07) is 10.0. The van der Waals surface area contributed by atoms with Crippen molar-refractivity contribution in [1.82, 2.24) is 9.21 Å². The molecule has 2 aromatic rings. The molecule has 172 valence electrons. The lowest BCUT2D eigenvalue weighted by Gasteiger charge is -2.27. The molecule has 2 aromatic carbocycles. The van der Waals surface area contributed by atoms with Gasteiger partial charge in [-0.3, -0.25) is 19.8 Å². The number of nitro benzene ring substituents is 1. The lowest BCUT2D eigenvalue weighted by atomic mass is 10.2. The molecule has 11 heteroatoms. The third-order valence-electron chi connectivity index (χ3n) is 5.49. The Morgan fingerprint density at radius 2 is 1.81 bits per heavy atom. The Hall–Kier alpha value is -2.53. The fourth-order valence-corrected chi connectivity index (χ4v) is 5.16. The molecule has 3 rings (SSSR count). The van der Waals surface area contributed by atoms with E-state index in [1.807, 2.05) is 11.8 Å². The highest BCUT2D eigenvalue weighted by atomic mass is 35.5. The number of halogens is 1. The van der Waals surface area contributed by atoms with E-state index in [0.717, 1.165) is 5.56 Å². The van der Waals surface area contributed by atoms with Crippen molar-refractivity contribution < 1.29 is 18.1 Å². The summed E-state index contributed by atoms with van der Waals surface area (Å²) in [4.78, 5) is 25.3. The number of nitrogens with zero attached hydrogens (tertiary/aromatic N) is 3. The van der Waals surface area contributed by atoms with Crippen molar-refractivity contribution in [1.29, 1.82) is 0 Å². The molecule has 1 aliphatic heterocycles. The number of non-ortho nitro benzene ring substituents is 1. The van der Waals surface area contributed by atoms with Crippen LogP contribution >= 0.6 is 11.6 Å². The summed E-state index contributed by atoms with van der Waals surface area (Å²) >= 11 is 6.07. The summed E-state index contributed by atoms with van der Waals surface area (Å²) in [7, 11) is -3.61. The lowest BCUT2D eigenvalue weighted by molar-refractivity contribution is -0.384. The van der Waals surface area contributed by atoms with E-state index >= 15 is 0 Å². The fraction of sp³-hybridized carbons (Fsp3) is 0.381. The third kappa shape index (κ3) is 5.44. The Morgan fingerprint density at radius 3 is 2.47 bits per heavy atom. The number of sulfonamides is 1. The average Bonchev–Trinajstić information content (AvgIpc) is 3.01. The number of hydrogen-bond donors (Lipinski definition) is 1. The fourth-order valence-electron chi connectivity index (χ4n) is 3.53. The first-order chi connectivity index (χ1) is 15.1. The number of benzene rings is 2. The van der Waals surface area contributed by atoms with Gasteiger partial charge in [0.1, 0.15) is 0 Å². The number of nitro groups is 1. The minimum atomic E-state index is -3.61. The van der Waals surface area contributed by atoms with Crippen molar-refractivity contribution in [2.45, 2.75) is 31.2 Å². The van der Waals surface area contributed by atoms with Crippen molar-refractivity contribution in [3.63, 3.8) is 0 Å². The summed E-state index contributed by atoms with van der Waals surface area (Å²) in [5, 5.41) is 13.8. The zero-order valence-corrected chi connectivity index (χ0v) is 19.4. The Kier molecular flexibility index (Phi) is 7.50. The van der Waals surface area contributed by atoms with Crippen LogP contribution in [0.15, 0.2) is 47.4 Å². The van der Waals surface area contributed by atoms with Gasteiger partial charge < -0.3 is 5.32 Å². The number of anilines is 1. The first-order valence-electron chi connectivity index (χ1n) is 10.2. The number of nitrogens with one attached hydrogen (secondary N) is 1. The molecule has 0 bridgehead atoms. The van der Waals surface area contributed by atoms with Crippen LogP contribution in [0.4, 0.5) is 11.4 Å². The van der Waals surface area contributed by atoms with Crippen LogP contribution in [0, 0.1) is 17.0 Å². The van der Waals surface area contributed by atoms with Crippen molar-refractivity contribution >= 4 is 38.9 Å². The molecule has 0 aromatic heterocycles. The summed E-state index contributed by atoms with van der Waals surface area (Å²) in [5.74, 6) is -0.373. The maximum absolute atomic E-state index is 13.0. The second-order valence-corrected chi connectivity index (χ2v) is 10.0. The number of amides is 1. The maximum atomic E-state index is 13.0. The molecule has 0 saturated carbocycles. The van der Waals surface area contributed by atoms with Crippen molar-refractivity contribution in [3.05, 3.63) is 63.2 Å². The Labute approximate surface area is 192 Å². The normalized spacial score (nSPS) is 16.8. The summed E-state index contributed by atoms with van der Waals surface area (Å²) < 4.78 is 27.4. The first-order valence-corrected chi connectivity index (χ1v) is 12.0. The van der Waals surface area contributed by atoms with Gasteiger partial charge >= 0.3 is 0 Å². The van der Waals surface area contributed by atoms with Gasteiger partial charge in [0.05, 0.1) is 26.6 Å². The van der Waals surface area contributed by atoms with Crippen molar-refractivity contribution in [2.24, 2.45) is 0 Å². The van der Waals surface area contributed by atoms with Crippen LogP contribution in [0.5, 0.6) is 0 Å². The average molecular weight is 481 g/mol. The SMILES string of the molecule is Cc1ccc(S(=O)(=O)N2CCCN(C(C)C(=O)Nc3cc([N+](=O)[O-])ccc3Cl)CC2)cc1. The van der Waals surface area contributed by atoms with Gasteiger partial charge in [0.25, 0.3) is 5.69 Å². The van der Waals surface area contributed by atoms with E-state index in [-0.39, 0.29) is 33.7 Å². The van der Waals surface area contributed by atoms with Gasteiger partial charge in [0, 0.05) is 38.3 Å². The third-order valence-corrected chi connectivity index (χ3v) is 7.74. The summed E-state index contributed by atoms with van der Waals surface area (Å²) in [6.07, 6.45) is 0.570. The zero-order chi connectivity index (χ0) is 23.5. The standard InChI is InChI=1S/C21H25ClN4O5S/c1-15-4-7-18(8-5-15)32(30,31)25-11-3-10-24(12-13-25)16(2)21(27)23-20-14-17(26(28)29)6-9-19(20)22/h4-9,14,16H,3,10-13H2,1-2H3,(H,23,27). The predicted octanol–water partition coefficient (Wildman–Crippen LogP) is 3.28. The Balaban J connectivity index is 1.67. The minimum absolute atomic E-state index is 0.163. The molecule has 1 N–H and O–H groups in total. The van der Waals surface area contributed by atoms with E-state index in [1.54, 1.807) is 31.2 Å². The van der Waals surface area contributed by atoms with Crippen LogP contribution < -0.4 is 5.32 Å². The smallest absolute Gasteiger partial charge is 0.271 e. The van der Waals surface area contributed by atoms with Crippen LogP contribution in [0.25, 0.3) is 0 Å². The van der Waals surface area contributed by atoms with Gasteiger partial charge in [0.15, 0.2) is 0 Å². The largest absolute Gasteiger partial charge is 0.323 e. The highest BCUT2D eigenvalue weighted by molar-refractivity contribution is 7.89. The molecule has 1 amide bonds. The van der Waals surface area contributed by atoms with E-state index in [0.29, 0.717) is 26.1 Å². The number of aryl methyl sites for hydroxylation is 1. The van der Waals surface area contributed by atoms with Crippen LogP contribution in [-0.4, -0.2) is 60.7 Å². The molecule has 1 saturated heterocycles. The second kappa shape index (κ2) is 9.95. The van der Waals surface area contributed by atoms with Gasteiger partial charge in [-0.25, -0.2) is 8.42 Å². The Morgan fingerprint density at radius 1 is 1.12 bits per heavy atom. The minimum Gasteiger partial charge on any atom is -0.323 e. The number of rotatable bonds is 6. The van der Waals surface area contributed by atoms with Crippen LogP contribution in [0.1, 0.15) is 18.9 Å². The predicted molar refractivity (Wildman–Crippen MR) is 122 cm³/mol. The molecule has 1 unspecified atom stereocenters. The van der Waals surface area contributed by atoms with Gasteiger partial charge in [-0.1, -0.05) is 29.3 Å². The molecule has 1 fully saturated rings. The van der Waals surface area contributed by atoms with Gasteiger partial charge in [0.2, 0.25) is 15.9 Å². The monoisotopic (exact) mass is 480 g/mol. The zero-order valence-electron chi connectivity index (χ0n) is 17.8.